The van der Waals surface area contributed by atoms with Gasteiger partial charge in [-0.2, -0.15) is 10.6 Å². The van der Waals surface area contributed by atoms with Crippen LogP contribution in [0.15, 0.2) is 58.3 Å². The molecule has 3 N–H and O–H groups in total. The number of aliphatic carboxylic acids is 1. The van der Waals surface area contributed by atoms with E-state index in [0.717, 1.165) is 0 Å². The molecule has 1 aliphatic heterocycles. The van der Waals surface area contributed by atoms with Gasteiger partial charge >= 0.3 is 5.97 Å². The molecule has 3 rings (SSSR count). The van der Waals surface area contributed by atoms with Gasteiger partial charge in [0.05, 0.1) is 10.6 Å². The molecule has 1 unspecified atom stereocenters. The highest BCUT2D eigenvalue weighted by atomic mass is 32.3. The lowest BCUT2D eigenvalue weighted by Gasteiger charge is -2.29. The molecule has 0 radical (unpaired) electrons. The maximum atomic E-state index is 12.9. The summed E-state index contributed by atoms with van der Waals surface area (Å²) < 4.78 is 51.8. The highest BCUT2D eigenvalue weighted by molar-refractivity contribution is 8.25. The van der Waals surface area contributed by atoms with Crippen LogP contribution in [0.1, 0.15) is 10.8 Å². The zero-order valence-corrected chi connectivity index (χ0v) is 14.5. The van der Waals surface area contributed by atoms with Crippen molar-refractivity contribution in [3.8, 4) is 5.75 Å². The van der Waals surface area contributed by atoms with E-state index in [1.807, 2.05) is 0 Å². The number of rotatable bonds is 5. The average molecular weight is 384 g/mol. The fraction of sp³-hybridized carbons (Fsp3) is 0.188. The fourth-order valence-corrected chi connectivity index (χ4v) is 7.37. The molecular weight excluding hydrogens is 368 g/mol. The fourth-order valence-electron chi connectivity index (χ4n) is 2.80. The molecule has 0 saturated carbocycles. The third kappa shape index (κ3) is 3.23. The minimum absolute atomic E-state index is 0.0225. The van der Waals surface area contributed by atoms with Crippen molar-refractivity contribution in [2.24, 2.45) is 0 Å². The molecule has 0 fully saturated rings. The second kappa shape index (κ2) is 6.34. The second-order valence-electron chi connectivity index (χ2n) is 5.54. The van der Waals surface area contributed by atoms with Crippen LogP contribution in [0.4, 0.5) is 0 Å². The Labute approximate surface area is 146 Å². The molecule has 0 spiro atoms. The van der Waals surface area contributed by atoms with E-state index in [2.05, 4.69) is 0 Å². The molecule has 0 aromatic heterocycles. The molecule has 1 heterocycles. The van der Waals surface area contributed by atoms with Crippen molar-refractivity contribution >= 4 is 26.4 Å². The first-order valence-corrected chi connectivity index (χ1v) is 10.5. The van der Waals surface area contributed by atoms with Crippen LogP contribution in [0, 0.1) is 0 Å². The lowest BCUT2D eigenvalue weighted by atomic mass is 10.1. The highest BCUT2D eigenvalue weighted by Gasteiger charge is 2.44. The van der Waals surface area contributed by atoms with Gasteiger partial charge in [0.15, 0.2) is 16.4 Å². The summed E-state index contributed by atoms with van der Waals surface area (Å²) in [5.41, 5.74) is 0.228. The van der Waals surface area contributed by atoms with E-state index >= 15 is 0 Å². The highest BCUT2D eigenvalue weighted by Crippen LogP contribution is 2.64. The summed E-state index contributed by atoms with van der Waals surface area (Å²) in [6.07, 6.45) is 0. The number of carboxylic acid groups (broad SMARTS) is 1. The summed E-state index contributed by atoms with van der Waals surface area (Å²) in [5, 5.41) is 7.61. The van der Waals surface area contributed by atoms with E-state index in [0.29, 0.717) is 0 Å². The SMILES string of the molecule is O=C(O)COc1cccc2c1S(O)(O)CC2S(=O)(=O)c1ccccc1. The van der Waals surface area contributed by atoms with Gasteiger partial charge in [0.1, 0.15) is 15.9 Å². The molecule has 0 amide bonds. The summed E-state index contributed by atoms with van der Waals surface area (Å²) in [6.45, 7) is -0.665. The Morgan fingerprint density at radius 2 is 1.80 bits per heavy atom. The lowest BCUT2D eigenvalue weighted by Crippen LogP contribution is -2.15. The number of carbonyl (C=O) groups is 1. The molecule has 0 bridgehead atoms. The van der Waals surface area contributed by atoms with Crippen LogP contribution in [-0.2, 0) is 14.6 Å². The van der Waals surface area contributed by atoms with Crippen LogP contribution < -0.4 is 4.74 Å². The predicted molar refractivity (Wildman–Crippen MR) is 91.9 cm³/mol. The first-order valence-electron chi connectivity index (χ1n) is 7.26. The predicted octanol–water partition coefficient (Wildman–Crippen LogP) is 2.79. The number of ether oxygens (including phenoxy) is 1. The van der Waals surface area contributed by atoms with Gasteiger partial charge in [-0.25, -0.2) is 13.2 Å². The number of benzene rings is 2. The van der Waals surface area contributed by atoms with Crippen molar-refractivity contribution in [1.29, 1.82) is 0 Å². The van der Waals surface area contributed by atoms with Crippen LogP contribution in [0.5, 0.6) is 5.75 Å². The van der Waals surface area contributed by atoms with E-state index in [4.69, 9.17) is 9.84 Å². The molecule has 2 aromatic carbocycles. The Hall–Kier alpha value is -2.07. The Balaban J connectivity index is 2.09. The molecule has 25 heavy (non-hydrogen) atoms. The van der Waals surface area contributed by atoms with E-state index < -0.39 is 38.3 Å². The van der Waals surface area contributed by atoms with Crippen LogP contribution in [-0.4, -0.2) is 41.0 Å². The summed E-state index contributed by atoms with van der Waals surface area (Å²) in [5.74, 6) is -1.63. The van der Waals surface area contributed by atoms with Crippen molar-refractivity contribution in [1.82, 2.24) is 0 Å². The van der Waals surface area contributed by atoms with Crippen molar-refractivity contribution < 1.29 is 32.2 Å². The molecule has 134 valence electrons. The average Bonchev–Trinajstić information content (AvgIpc) is 2.86. The quantitative estimate of drug-likeness (QED) is 0.725. The molecule has 0 aliphatic carbocycles. The van der Waals surface area contributed by atoms with Crippen LogP contribution >= 0.6 is 10.6 Å². The van der Waals surface area contributed by atoms with E-state index in [9.17, 15) is 22.3 Å². The molecule has 7 nitrogen and oxygen atoms in total. The van der Waals surface area contributed by atoms with Crippen molar-refractivity contribution in [2.75, 3.05) is 12.4 Å². The zero-order chi connectivity index (χ0) is 18.2. The number of fused-ring (bicyclic) bond motifs is 1. The Kier molecular flexibility index (Phi) is 4.50. The topological polar surface area (TPSA) is 121 Å². The Morgan fingerprint density at radius 3 is 2.44 bits per heavy atom. The summed E-state index contributed by atoms with van der Waals surface area (Å²) >= 11 is 0. The molecule has 1 aliphatic rings. The van der Waals surface area contributed by atoms with Crippen LogP contribution in [0.2, 0.25) is 0 Å². The minimum Gasteiger partial charge on any atom is -0.480 e. The van der Waals surface area contributed by atoms with E-state index in [1.165, 1.54) is 30.3 Å². The van der Waals surface area contributed by atoms with Crippen molar-refractivity contribution in [3.05, 3.63) is 54.1 Å². The van der Waals surface area contributed by atoms with Crippen LogP contribution in [0.3, 0.4) is 0 Å². The van der Waals surface area contributed by atoms with Gasteiger partial charge in [0.25, 0.3) is 0 Å². The molecule has 0 saturated heterocycles. The summed E-state index contributed by atoms with van der Waals surface area (Å²) in [6, 6.07) is 12.2. The van der Waals surface area contributed by atoms with Gasteiger partial charge in [0.2, 0.25) is 0 Å². The second-order valence-corrected chi connectivity index (χ2v) is 9.74. The zero-order valence-electron chi connectivity index (χ0n) is 12.9. The van der Waals surface area contributed by atoms with Gasteiger partial charge in [-0.3, -0.25) is 9.11 Å². The Morgan fingerprint density at radius 1 is 1.12 bits per heavy atom. The lowest BCUT2D eigenvalue weighted by molar-refractivity contribution is -0.139. The van der Waals surface area contributed by atoms with Gasteiger partial charge in [-0.1, -0.05) is 30.3 Å². The first-order chi connectivity index (χ1) is 11.7. The van der Waals surface area contributed by atoms with E-state index in [1.54, 1.807) is 18.2 Å². The molecule has 2 aromatic rings. The maximum absolute atomic E-state index is 12.9. The van der Waals surface area contributed by atoms with E-state index in [-0.39, 0.29) is 26.9 Å². The minimum atomic E-state index is -3.84. The van der Waals surface area contributed by atoms with Crippen LogP contribution in [0.25, 0.3) is 0 Å². The first kappa shape index (κ1) is 17.7. The number of sulfone groups is 1. The van der Waals surface area contributed by atoms with Gasteiger partial charge in [-0.15, -0.1) is 0 Å². The van der Waals surface area contributed by atoms with Gasteiger partial charge in [-0.05, 0) is 23.8 Å². The van der Waals surface area contributed by atoms with Gasteiger partial charge in [0, 0.05) is 0 Å². The Bertz CT molecular complexity index is 907. The third-order valence-electron chi connectivity index (χ3n) is 3.86. The number of carboxylic acids is 1. The molecule has 9 heteroatoms. The summed E-state index contributed by atoms with van der Waals surface area (Å²) in [4.78, 5) is 10.8. The van der Waals surface area contributed by atoms with Crippen molar-refractivity contribution in [3.63, 3.8) is 0 Å². The normalized spacial score (nSPS) is 19.8. The number of hydrogen-bond acceptors (Lipinski definition) is 6. The largest absolute Gasteiger partial charge is 0.480 e. The third-order valence-corrected chi connectivity index (χ3v) is 8.06. The van der Waals surface area contributed by atoms with Gasteiger partial charge < -0.3 is 9.84 Å². The van der Waals surface area contributed by atoms with Crippen molar-refractivity contribution in [2.45, 2.75) is 15.0 Å². The summed E-state index contributed by atoms with van der Waals surface area (Å²) in [7, 11) is -7.26. The smallest absolute Gasteiger partial charge is 0.341 e. The monoisotopic (exact) mass is 384 g/mol. The number of hydrogen-bond donors (Lipinski definition) is 3. The molecule has 1 atom stereocenters. The standard InChI is InChI=1S/C16H16O7S2/c17-15(18)9-23-13-8-4-7-12-14(10-24(19,20)16(12)13)25(21,22)11-5-2-1-3-6-11/h1-8,14,19-20H,9-10H2,(H,17,18). The maximum Gasteiger partial charge on any atom is 0.341 e. The molecular formula is C16H16O7S2.